The highest BCUT2D eigenvalue weighted by Crippen LogP contribution is 2.31. The van der Waals surface area contributed by atoms with Crippen LogP contribution in [0.5, 0.6) is 5.75 Å². The highest BCUT2D eigenvalue weighted by Gasteiger charge is 2.20. The number of benzene rings is 2. The summed E-state index contributed by atoms with van der Waals surface area (Å²) >= 11 is 1.52. The van der Waals surface area contributed by atoms with E-state index in [2.05, 4.69) is 4.90 Å². The fourth-order valence-corrected chi connectivity index (χ4v) is 4.30. The molecular weight excluding hydrogens is 434 g/mol. The minimum atomic E-state index is -0.0712. The van der Waals surface area contributed by atoms with E-state index in [1.54, 1.807) is 18.1 Å². The van der Waals surface area contributed by atoms with E-state index < -0.39 is 0 Å². The topological polar surface area (TPSA) is 54.9 Å². The molecule has 1 saturated heterocycles. The molecule has 2 aromatic carbocycles. The van der Waals surface area contributed by atoms with Gasteiger partial charge in [-0.3, -0.25) is 14.6 Å². The molecule has 1 aliphatic rings. The van der Waals surface area contributed by atoms with Gasteiger partial charge in [-0.25, -0.2) is 4.98 Å². The van der Waals surface area contributed by atoms with Crippen molar-refractivity contribution in [2.75, 3.05) is 51.4 Å². The molecule has 2 heterocycles. The van der Waals surface area contributed by atoms with Crippen molar-refractivity contribution < 1.29 is 14.3 Å². The number of amides is 1. The summed E-state index contributed by atoms with van der Waals surface area (Å²) in [4.78, 5) is 21.9. The summed E-state index contributed by atoms with van der Waals surface area (Å²) in [7, 11) is 1.64. The van der Waals surface area contributed by atoms with Gasteiger partial charge in [0.15, 0.2) is 5.13 Å². The Bertz CT molecular complexity index is 1020. The van der Waals surface area contributed by atoms with E-state index in [4.69, 9.17) is 14.5 Å². The maximum absolute atomic E-state index is 13.1. The van der Waals surface area contributed by atoms with Gasteiger partial charge < -0.3 is 9.47 Å². The smallest absolute Gasteiger partial charge is 0.252 e. The fraction of sp³-hybridized carbons (Fsp3) is 0.304. The van der Waals surface area contributed by atoms with E-state index in [1.165, 1.54) is 11.3 Å². The maximum Gasteiger partial charge on any atom is 0.252 e. The number of aromatic nitrogens is 1. The monoisotopic (exact) mass is 459 g/mol. The van der Waals surface area contributed by atoms with Gasteiger partial charge in [0, 0.05) is 38.3 Å². The molecule has 0 unspecified atom stereocenters. The minimum Gasteiger partial charge on any atom is -0.497 e. The van der Waals surface area contributed by atoms with Gasteiger partial charge in [-0.2, -0.15) is 0 Å². The Hall–Kier alpha value is -2.45. The van der Waals surface area contributed by atoms with Crippen LogP contribution >= 0.6 is 23.7 Å². The van der Waals surface area contributed by atoms with Gasteiger partial charge in [-0.05, 0) is 23.8 Å². The van der Waals surface area contributed by atoms with E-state index in [0.717, 1.165) is 54.4 Å². The molecule has 4 rings (SSSR count). The molecule has 0 saturated carbocycles. The number of ether oxygens (including phenoxy) is 2. The van der Waals surface area contributed by atoms with Crippen LogP contribution in [0.25, 0.3) is 16.3 Å². The summed E-state index contributed by atoms with van der Waals surface area (Å²) in [5.41, 5.74) is 1.83. The van der Waals surface area contributed by atoms with Crippen LogP contribution in [0.2, 0.25) is 0 Å². The average molecular weight is 460 g/mol. The third-order valence-electron chi connectivity index (χ3n) is 5.04. The number of carbonyl (C=O) groups excluding carboxylic acids is 1. The molecular formula is C23H26ClN3O3S. The summed E-state index contributed by atoms with van der Waals surface area (Å²) in [6.07, 6.45) is 3.47. The maximum atomic E-state index is 13.1. The van der Waals surface area contributed by atoms with Crippen molar-refractivity contribution in [3.8, 4) is 5.75 Å². The molecule has 0 N–H and O–H groups in total. The molecule has 1 aliphatic heterocycles. The Labute approximate surface area is 192 Å². The molecule has 0 bridgehead atoms. The van der Waals surface area contributed by atoms with Crippen LogP contribution in [0.15, 0.2) is 54.6 Å². The van der Waals surface area contributed by atoms with Crippen molar-refractivity contribution in [1.29, 1.82) is 0 Å². The number of rotatable bonds is 7. The number of morpholine rings is 1. The largest absolute Gasteiger partial charge is 0.497 e. The van der Waals surface area contributed by atoms with Crippen LogP contribution in [-0.4, -0.2) is 62.3 Å². The van der Waals surface area contributed by atoms with Crippen LogP contribution < -0.4 is 9.64 Å². The molecule has 0 spiro atoms. The van der Waals surface area contributed by atoms with E-state index in [0.29, 0.717) is 11.7 Å². The number of halogens is 1. The molecule has 8 heteroatoms. The van der Waals surface area contributed by atoms with Gasteiger partial charge in [-0.15, -0.1) is 12.4 Å². The highest BCUT2D eigenvalue weighted by molar-refractivity contribution is 7.22. The average Bonchev–Trinajstić information content (AvgIpc) is 3.22. The number of hydrogen-bond acceptors (Lipinski definition) is 6. The van der Waals surface area contributed by atoms with E-state index in [1.807, 2.05) is 54.6 Å². The highest BCUT2D eigenvalue weighted by atomic mass is 35.5. The third-order valence-corrected chi connectivity index (χ3v) is 6.10. The Morgan fingerprint density at radius 3 is 2.74 bits per heavy atom. The zero-order chi connectivity index (χ0) is 20.8. The molecule has 1 amide bonds. The third kappa shape index (κ3) is 6.04. The molecule has 0 atom stereocenters. The molecule has 0 aliphatic carbocycles. The number of fused-ring (bicyclic) bond motifs is 1. The Balaban J connectivity index is 0.00000272. The van der Waals surface area contributed by atoms with Crippen molar-refractivity contribution in [2.24, 2.45) is 0 Å². The predicted octanol–water partition coefficient (Wildman–Crippen LogP) is 4.11. The van der Waals surface area contributed by atoms with Gasteiger partial charge in [0.2, 0.25) is 0 Å². The SMILES string of the molecule is COc1ccc2sc(N(CCN3CCOCC3)C(=O)/C=C/c3ccccc3)nc2c1.Cl. The number of anilines is 1. The number of thiazole rings is 1. The second-order valence-electron chi connectivity index (χ2n) is 7.02. The first-order valence-electron chi connectivity index (χ1n) is 10.0. The number of nitrogens with zero attached hydrogens (tertiary/aromatic N) is 3. The summed E-state index contributed by atoms with van der Waals surface area (Å²) in [6.45, 7) is 4.62. The second kappa shape index (κ2) is 11.2. The number of carbonyl (C=O) groups is 1. The molecule has 6 nitrogen and oxygen atoms in total. The van der Waals surface area contributed by atoms with E-state index in [-0.39, 0.29) is 18.3 Å². The number of hydrogen-bond donors (Lipinski definition) is 0. The van der Waals surface area contributed by atoms with Crippen LogP contribution in [-0.2, 0) is 9.53 Å². The molecule has 3 aromatic rings. The zero-order valence-corrected chi connectivity index (χ0v) is 19.0. The lowest BCUT2D eigenvalue weighted by Crippen LogP contribution is -2.42. The van der Waals surface area contributed by atoms with Gasteiger partial charge in [0.05, 0.1) is 30.5 Å². The lowest BCUT2D eigenvalue weighted by Gasteiger charge is -2.28. The van der Waals surface area contributed by atoms with Gasteiger partial charge in [-0.1, -0.05) is 41.7 Å². The Kier molecular flexibility index (Phi) is 8.43. The quantitative estimate of drug-likeness (QED) is 0.498. The van der Waals surface area contributed by atoms with Crippen molar-refractivity contribution in [3.63, 3.8) is 0 Å². The zero-order valence-electron chi connectivity index (χ0n) is 17.4. The van der Waals surface area contributed by atoms with Crippen molar-refractivity contribution in [2.45, 2.75) is 0 Å². The molecule has 1 aromatic heterocycles. The molecule has 31 heavy (non-hydrogen) atoms. The first kappa shape index (κ1) is 23.2. The molecule has 164 valence electrons. The van der Waals surface area contributed by atoms with Crippen LogP contribution in [0, 0.1) is 0 Å². The van der Waals surface area contributed by atoms with Crippen molar-refractivity contribution in [1.82, 2.24) is 9.88 Å². The lowest BCUT2D eigenvalue weighted by molar-refractivity contribution is -0.114. The standard InChI is InChI=1S/C23H25N3O3S.ClH/c1-28-19-8-9-21-20(17-19)24-23(30-21)26(12-11-25-13-15-29-16-14-25)22(27)10-7-18-5-3-2-4-6-18;/h2-10,17H,11-16H2,1H3;1H/b10-7+;. The summed E-state index contributed by atoms with van der Waals surface area (Å²) in [5.74, 6) is 0.688. The Morgan fingerprint density at radius 1 is 1.23 bits per heavy atom. The summed E-state index contributed by atoms with van der Waals surface area (Å²) in [6, 6.07) is 15.6. The summed E-state index contributed by atoms with van der Waals surface area (Å²) < 4.78 is 11.8. The Morgan fingerprint density at radius 2 is 2.00 bits per heavy atom. The summed E-state index contributed by atoms with van der Waals surface area (Å²) in [5, 5.41) is 0.703. The van der Waals surface area contributed by atoms with Crippen LogP contribution in [0.3, 0.4) is 0 Å². The van der Waals surface area contributed by atoms with E-state index >= 15 is 0 Å². The number of methoxy groups -OCH3 is 1. The first-order chi connectivity index (χ1) is 14.7. The van der Waals surface area contributed by atoms with E-state index in [9.17, 15) is 4.79 Å². The van der Waals surface area contributed by atoms with Gasteiger partial charge in [0.1, 0.15) is 5.75 Å². The fourth-order valence-electron chi connectivity index (χ4n) is 3.33. The van der Waals surface area contributed by atoms with Gasteiger partial charge in [0.25, 0.3) is 5.91 Å². The van der Waals surface area contributed by atoms with Crippen molar-refractivity contribution >= 4 is 51.1 Å². The van der Waals surface area contributed by atoms with Crippen LogP contribution in [0.4, 0.5) is 5.13 Å². The predicted molar refractivity (Wildman–Crippen MR) is 129 cm³/mol. The first-order valence-corrected chi connectivity index (χ1v) is 10.8. The van der Waals surface area contributed by atoms with Gasteiger partial charge >= 0.3 is 0 Å². The molecule has 1 fully saturated rings. The van der Waals surface area contributed by atoms with Crippen molar-refractivity contribution in [3.05, 3.63) is 60.2 Å². The second-order valence-corrected chi connectivity index (χ2v) is 8.03. The lowest BCUT2D eigenvalue weighted by atomic mass is 10.2. The molecule has 0 radical (unpaired) electrons. The minimum absolute atomic E-state index is 0. The van der Waals surface area contributed by atoms with Crippen LogP contribution in [0.1, 0.15) is 5.56 Å². The normalized spacial score (nSPS) is 14.5.